The van der Waals surface area contributed by atoms with E-state index in [4.69, 9.17) is 0 Å². The number of nitrogens with zero attached hydrogens (tertiary/aromatic N) is 2. The molecule has 0 aromatic carbocycles. The second-order valence-electron chi connectivity index (χ2n) is 5.87. The molecule has 0 aromatic heterocycles. The molecule has 3 unspecified atom stereocenters. The topological polar surface area (TPSA) is 43.8 Å². The van der Waals surface area contributed by atoms with Gasteiger partial charge in [0.15, 0.2) is 0 Å². The molecule has 1 N–H and O–H groups in total. The monoisotopic (exact) mass is 242 g/mol. The summed E-state index contributed by atoms with van der Waals surface area (Å²) in [5.74, 6) is -0.293. The molecule has 4 heteroatoms. The van der Waals surface area contributed by atoms with Gasteiger partial charge in [-0.1, -0.05) is 13.8 Å². The molecule has 1 aliphatic heterocycles. The van der Waals surface area contributed by atoms with Gasteiger partial charge in [-0.25, -0.2) is 0 Å². The molecular weight excluding hydrogens is 216 g/mol. The SMILES string of the molecule is CC(C)C(C(=O)O)C(C1CCN(C)C1)N(C)C. The molecule has 0 radical (unpaired) electrons. The summed E-state index contributed by atoms with van der Waals surface area (Å²) in [6.45, 7) is 6.11. The van der Waals surface area contributed by atoms with Crippen LogP contribution in [-0.4, -0.2) is 61.2 Å². The van der Waals surface area contributed by atoms with Crippen LogP contribution in [0.1, 0.15) is 20.3 Å². The van der Waals surface area contributed by atoms with Crippen molar-refractivity contribution in [2.45, 2.75) is 26.3 Å². The predicted octanol–water partition coefficient (Wildman–Crippen LogP) is 1.23. The highest BCUT2D eigenvalue weighted by atomic mass is 16.4. The number of carbonyl (C=O) groups is 1. The molecule has 1 saturated heterocycles. The highest BCUT2D eigenvalue weighted by Gasteiger charge is 2.39. The van der Waals surface area contributed by atoms with Gasteiger partial charge in [0.05, 0.1) is 5.92 Å². The molecule has 1 rings (SSSR count). The first-order valence-electron chi connectivity index (χ1n) is 6.42. The number of carboxylic acid groups (broad SMARTS) is 1. The average Bonchev–Trinajstić information content (AvgIpc) is 2.58. The summed E-state index contributed by atoms with van der Waals surface area (Å²) in [6.07, 6.45) is 1.11. The van der Waals surface area contributed by atoms with E-state index in [0.29, 0.717) is 5.92 Å². The van der Waals surface area contributed by atoms with E-state index >= 15 is 0 Å². The van der Waals surface area contributed by atoms with Crippen molar-refractivity contribution in [1.29, 1.82) is 0 Å². The maximum Gasteiger partial charge on any atom is 0.308 e. The molecule has 0 bridgehead atoms. The van der Waals surface area contributed by atoms with Crippen molar-refractivity contribution in [2.75, 3.05) is 34.2 Å². The third-order valence-electron chi connectivity index (χ3n) is 3.88. The normalized spacial score (nSPS) is 25.5. The van der Waals surface area contributed by atoms with Gasteiger partial charge < -0.3 is 14.9 Å². The van der Waals surface area contributed by atoms with Crippen LogP contribution in [0.5, 0.6) is 0 Å². The highest BCUT2D eigenvalue weighted by Crippen LogP contribution is 2.30. The Morgan fingerprint density at radius 1 is 1.41 bits per heavy atom. The van der Waals surface area contributed by atoms with E-state index in [1.54, 1.807) is 0 Å². The van der Waals surface area contributed by atoms with Crippen molar-refractivity contribution in [2.24, 2.45) is 17.8 Å². The van der Waals surface area contributed by atoms with Gasteiger partial charge in [0.1, 0.15) is 0 Å². The Morgan fingerprint density at radius 3 is 2.29 bits per heavy atom. The molecule has 17 heavy (non-hydrogen) atoms. The van der Waals surface area contributed by atoms with E-state index in [9.17, 15) is 9.90 Å². The molecule has 1 fully saturated rings. The lowest BCUT2D eigenvalue weighted by Gasteiger charge is -2.36. The Bertz CT molecular complexity index is 266. The second-order valence-corrected chi connectivity index (χ2v) is 5.87. The summed E-state index contributed by atoms with van der Waals surface area (Å²) in [7, 11) is 6.11. The van der Waals surface area contributed by atoms with Crippen LogP contribution in [-0.2, 0) is 4.79 Å². The van der Waals surface area contributed by atoms with E-state index in [-0.39, 0.29) is 17.9 Å². The third kappa shape index (κ3) is 3.42. The molecule has 0 aliphatic carbocycles. The van der Waals surface area contributed by atoms with Crippen molar-refractivity contribution in [3.8, 4) is 0 Å². The van der Waals surface area contributed by atoms with Crippen LogP contribution in [0.15, 0.2) is 0 Å². The lowest BCUT2D eigenvalue weighted by molar-refractivity contribution is -0.146. The molecule has 0 amide bonds. The fourth-order valence-corrected chi connectivity index (χ4v) is 3.11. The Labute approximate surface area is 105 Å². The summed E-state index contributed by atoms with van der Waals surface area (Å²) in [4.78, 5) is 15.9. The Kier molecular flexibility index (Phi) is 4.95. The van der Waals surface area contributed by atoms with Gasteiger partial charge in [-0.3, -0.25) is 4.79 Å². The van der Waals surface area contributed by atoms with Gasteiger partial charge in [0.2, 0.25) is 0 Å². The standard InChI is InChI=1S/C13H26N2O2/c1-9(2)11(13(16)17)12(14(3)4)10-6-7-15(5)8-10/h9-12H,6-8H2,1-5H3,(H,16,17). The largest absolute Gasteiger partial charge is 0.481 e. The van der Waals surface area contributed by atoms with Gasteiger partial charge in [-0.15, -0.1) is 0 Å². The molecule has 1 aliphatic rings. The fourth-order valence-electron chi connectivity index (χ4n) is 3.11. The number of carboxylic acids is 1. The smallest absolute Gasteiger partial charge is 0.308 e. The number of aliphatic carboxylic acids is 1. The molecule has 0 saturated carbocycles. The molecule has 3 atom stereocenters. The van der Waals surface area contributed by atoms with E-state index in [1.165, 1.54) is 0 Å². The third-order valence-corrected chi connectivity index (χ3v) is 3.88. The van der Waals surface area contributed by atoms with Crippen molar-refractivity contribution in [3.63, 3.8) is 0 Å². The van der Waals surface area contributed by atoms with Crippen LogP contribution in [0.4, 0.5) is 0 Å². The summed E-state index contributed by atoms with van der Waals surface area (Å²) in [6, 6.07) is 0.137. The van der Waals surface area contributed by atoms with Crippen molar-refractivity contribution in [3.05, 3.63) is 0 Å². The number of hydrogen-bond acceptors (Lipinski definition) is 3. The van der Waals surface area contributed by atoms with Crippen LogP contribution in [0.3, 0.4) is 0 Å². The zero-order valence-electron chi connectivity index (χ0n) is 11.7. The maximum absolute atomic E-state index is 11.5. The first-order chi connectivity index (χ1) is 7.84. The molecule has 4 nitrogen and oxygen atoms in total. The molecule has 0 spiro atoms. The van der Waals surface area contributed by atoms with Gasteiger partial charge in [-0.2, -0.15) is 0 Å². The minimum absolute atomic E-state index is 0.137. The first-order valence-corrected chi connectivity index (χ1v) is 6.42. The Morgan fingerprint density at radius 2 is 2.00 bits per heavy atom. The van der Waals surface area contributed by atoms with Gasteiger partial charge in [-0.05, 0) is 45.9 Å². The van der Waals surface area contributed by atoms with Gasteiger partial charge >= 0.3 is 5.97 Å². The average molecular weight is 242 g/mol. The van der Waals surface area contributed by atoms with Crippen LogP contribution in [0.2, 0.25) is 0 Å². The molecule has 0 aromatic rings. The lowest BCUT2D eigenvalue weighted by Crippen LogP contribution is -2.47. The summed E-state index contributed by atoms with van der Waals surface area (Å²) in [5, 5.41) is 9.45. The molecule has 100 valence electrons. The highest BCUT2D eigenvalue weighted by molar-refractivity contribution is 5.71. The van der Waals surface area contributed by atoms with Crippen LogP contribution in [0.25, 0.3) is 0 Å². The zero-order valence-corrected chi connectivity index (χ0v) is 11.7. The van der Waals surface area contributed by atoms with E-state index in [0.717, 1.165) is 19.5 Å². The predicted molar refractivity (Wildman–Crippen MR) is 69.0 cm³/mol. The quantitative estimate of drug-likeness (QED) is 0.787. The molecular formula is C13H26N2O2. The number of likely N-dealkylation sites (tertiary alicyclic amines) is 1. The summed E-state index contributed by atoms with van der Waals surface area (Å²) in [5.41, 5.74) is 0. The number of hydrogen-bond donors (Lipinski definition) is 1. The van der Waals surface area contributed by atoms with Crippen LogP contribution in [0, 0.1) is 17.8 Å². The van der Waals surface area contributed by atoms with E-state index in [1.807, 2.05) is 27.9 Å². The minimum atomic E-state index is -0.659. The number of rotatable bonds is 5. The van der Waals surface area contributed by atoms with Crippen molar-refractivity contribution in [1.82, 2.24) is 9.80 Å². The van der Waals surface area contributed by atoms with Crippen LogP contribution < -0.4 is 0 Å². The van der Waals surface area contributed by atoms with Gasteiger partial charge in [0, 0.05) is 12.6 Å². The summed E-state index contributed by atoms with van der Waals surface area (Å²) < 4.78 is 0. The summed E-state index contributed by atoms with van der Waals surface area (Å²) >= 11 is 0. The zero-order chi connectivity index (χ0) is 13.2. The fraction of sp³-hybridized carbons (Fsp3) is 0.923. The van der Waals surface area contributed by atoms with Crippen molar-refractivity contribution >= 4 is 5.97 Å². The first kappa shape index (κ1) is 14.5. The van der Waals surface area contributed by atoms with E-state index in [2.05, 4.69) is 16.8 Å². The Hall–Kier alpha value is -0.610. The van der Waals surface area contributed by atoms with Crippen molar-refractivity contribution < 1.29 is 9.90 Å². The molecule has 1 heterocycles. The second kappa shape index (κ2) is 5.83. The van der Waals surface area contributed by atoms with E-state index < -0.39 is 5.97 Å². The Balaban J connectivity index is 2.87. The maximum atomic E-state index is 11.5. The minimum Gasteiger partial charge on any atom is -0.481 e. The lowest BCUT2D eigenvalue weighted by atomic mass is 9.80. The van der Waals surface area contributed by atoms with Gasteiger partial charge in [0.25, 0.3) is 0 Å². The van der Waals surface area contributed by atoms with Crippen LogP contribution >= 0.6 is 0 Å².